The minimum absolute atomic E-state index is 0.146. The predicted octanol–water partition coefficient (Wildman–Crippen LogP) is 3.78. The summed E-state index contributed by atoms with van der Waals surface area (Å²) in [5.74, 6) is 1.23. The molecule has 2 N–H and O–H groups in total. The number of benzene rings is 1. The second kappa shape index (κ2) is 13.1. The number of hydrogen-bond donors (Lipinski definition) is 2. The van der Waals surface area contributed by atoms with E-state index in [0.29, 0.717) is 32.3 Å². The molecular formula is C24H36N2O4S2. The van der Waals surface area contributed by atoms with Gasteiger partial charge in [0.2, 0.25) is 11.8 Å². The molecule has 1 aromatic carbocycles. The van der Waals surface area contributed by atoms with Crippen molar-refractivity contribution in [3.8, 4) is 0 Å². The van der Waals surface area contributed by atoms with Gasteiger partial charge in [-0.15, -0.1) is 23.5 Å². The summed E-state index contributed by atoms with van der Waals surface area (Å²) in [6.07, 6.45) is 2.08. The normalized spacial score (nSPS) is 16.9. The summed E-state index contributed by atoms with van der Waals surface area (Å²) in [7, 11) is 0. The Hall–Kier alpha value is -1.67. The fraction of sp³-hybridized carbons (Fsp3) is 0.625. The largest absolute Gasteiger partial charge is 0.464 e. The smallest absolute Gasteiger partial charge is 0.334 e. The molecule has 0 bridgehead atoms. The lowest BCUT2D eigenvalue weighted by atomic mass is 10.0. The van der Waals surface area contributed by atoms with E-state index in [-0.39, 0.29) is 29.7 Å². The van der Waals surface area contributed by atoms with Crippen LogP contribution in [0.3, 0.4) is 0 Å². The van der Waals surface area contributed by atoms with Crippen molar-refractivity contribution in [2.45, 2.75) is 69.5 Å². The topological polar surface area (TPSA) is 84.5 Å². The monoisotopic (exact) mass is 480 g/mol. The fourth-order valence-electron chi connectivity index (χ4n) is 3.73. The molecule has 6 nitrogen and oxygen atoms in total. The molecule has 0 aliphatic carbocycles. The van der Waals surface area contributed by atoms with Crippen LogP contribution in [0.15, 0.2) is 30.3 Å². The molecule has 2 rings (SSSR count). The Morgan fingerprint density at radius 3 is 2.28 bits per heavy atom. The Morgan fingerprint density at radius 2 is 1.72 bits per heavy atom. The van der Waals surface area contributed by atoms with Crippen LogP contribution in [0, 0.1) is 5.92 Å². The van der Waals surface area contributed by atoms with Crippen molar-refractivity contribution in [3.63, 3.8) is 0 Å². The van der Waals surface area contributed by atoms with E-state index in [2.05, 4.69) is 10.6 Å². The van der Waals surface area contributed by atoms with Crippen molar-refractivity contribution in [1.82, 2.24) is 10.6 Å². The van der Waals surface area contributed by atoms with Crippen LogP contribution < -0.4 is 10.6 Å². The van der Waals surface area contributed by atoms with Gasteiger partial charge in [0.05, 0.1) is 12.6 Å². The van der Waals surface area contributed by atoms with Crippen LogP contribution in [0.25, 0.3) is 0 Å². The average Bonchev–Trinajstić information content (AvgIpc) is 3.27. The first kappa shape index (κ1) is 26.6. The minimum atomic E-state index is -0.833. The number of esters is 1. The fourth-order valence-corrected chi connectivity index (χ4v) is 7.04. The zero-order valence-electron chi connectivity index (χ0n) is 19.5. The maximum absolute atomic E-state index is 13.2. The second-order valence-corrected chi connectivity index (χ2v) is 11.2. The minimum Gasteiger partial charge on any atom is -0.464 e. The SMILES string of the molecule is CCOC(=O)C1(C(CC)NC(=O)[C@H](CC(C)C)NC(=O)CCc2ccccc2)SCCS1. The number of ether oxygens (including phenoxy) is 1. The molecular weight excluding hydrogens is 444 g/mol. The van der Waals surface area contributed by atoms with Crippen LogP contribution in [0.2, 0.25) is 0 Å². The number of carbonyl (C=O) groups excluding carboxylic acids is 3. The molecule has 1 aliphatic heterocycles. The molecule has 2 amide bonds. The summed E-state index contributed by atoms with van der Waals surface area (Å²) in [4.78, 5) is 38.7. The maximum Gasteiger partial charge on any atom is 0.334 e. The van der Waals surface area contributed by atoms with Gasteiger partial charge in [0, 0.05) is 17.9 Å². The van der Waals surface area contributed by atoms with E-state index in [1.54, 1.807) is 30.4 Å². The maximum atomic E-state index is 13.2. The Bertz CT molecular complexity index is 752. The van der Waals surface area contributed by atoms with Crippen LogP contribution in [0.5, 0.6) is 0 Å². The summed E-state index contributed by atoms with van der Waals surface area (Å²) >= 11 is 3.09. The quantitative estimate of drug-likeness (QED) is 0.443. The van der Waals surface area contributed by atoms with Gasteiger partial charge in [0.15, 0.2) is 4.08 Å². The molecule has 1 fully saturated rings. The molecule has 0 saturated carbocycles. The highest BCUT2D eigenvalue weighted by Gasteiger charge is 2.51. The molecule has 1 heterocycles. The molecule has 178 valence electrons. The van der Waals surface area contributed by atoms with Crippen LogP contribution in [-0.4, -0.2) is 52.1 Å². The molecule has 0 aromatic heterocycles. The molecule has 1 unspecified atom stereocenters. The lowest BCUT2D eigenvalue weighted by Gasteiger charge is -2.34. The predicted molar refractivity (Wildman–Crippen MR) is 133 cm³/mol. The third-order valence-electron chi connectivity index (χ3n) is 5.30. The lowest BCUT2D eigenvalue weighted by molar-refractivity contribution is -0.144. The highest BCUT2D eigenvalue weighted by atomic mass is 32.2. The van der Waals surface area contributed by atoms with Gasteiger partial charge in [-0.2, -0.15) is 0 Å². The lowest BCUT2D eigenvalue weighted by Crippen LogP contribution is -2.57. The standard InChI is InChI=1S/C24H36N2O4S2/c1-5-20(24(23(29)30-6-2)31-14-15-32-24)26-22(28)19(16-17(3)4)25-21(27)13-12-18-10-8-7-9-11-18/h7-11,17,19-20H,5-6,12-16H2,1-4H3,(H,25,27)(H,26,28)/t19-,20?/m0/s1. The van der Waals surface area contributed by atoms with Crippen molar-refractivity contribution in [2.75, 3.05) is 18.1 Å². The van der Waals surface area contributed by atoms with Gasteiger partial charge in [-0.25, -0.2) is 4.79 Å². The van der Waals surface area contributed by atoms with E-state index in [1.165, 1.54) is 0 Å². The van der Waals surface area contributed by atoms with Gasteiger partial charge < -0.3 is 15.4 Å². The number of carbonyl (C=O) groups is 3. The number of nitrogens with one attached hydrogen (secondary N) is 2. The van der Waals surface area contributed by atoms with E-state index in [4.69, 9.17) is 4.74 Å². The third-order valence-corrected chi connectivity index (χ3v) is 8.84. The molecule has 32 heavy (non-hydrogen) atoms. The van der Waals surface area contributed by atoms with Gasteiger partial charge in [-0.1, -0.05) is 51.1 Å². The average molecular weight is 481 g/mol. The van der Waals surface area contributed by atoms with E-state index >= 15 is 0 Å². The molecule has 0 spiro atoms. The van der Waals surface area contributed by atoms with E-state index in [9.17, 15) is 14.4 Å². The number of amides is 2. The molecule has 1 saturated heterocycles. The van der Waals surface area contributed by atoms with Crippen molar-refractivity contribution >= 4 is 41.3 Å². The number of thioether (sulfide) groups is 2. The summed E-state index contributed by atoms with van der Waals surface area (Å²) in [5, 5.41) is 6.00. The van der Waals surface area contributed by atoms with E-state index < -0.39 is 10.1 Å². The van der Waals surface area contributed by atoms with Gasteiger partial charge in [0.25, 0.3) is 0 Å². The number of hydrogen-bond acceptors (Lipinski definition) is 6. The molecule has 1 aliphatic rings. The van der Waals surface area contributed by atoms with Crippen LogP contribution in [-0.2, 0) is 25.5 Å². The highest BCUT2D eigenvalue weighted by molar-refractivity contribution is 8.22. The van der Waals surface area contributed by atoms with E-state index in [0.717, 1.165) is 17.1 Å². The summed E-state index contributed by atoms with van der Waals surface area (Å²) in [6.45, 7) is 8.10. The Morgan fingerprint density at radius 1 is 1.06 bits per heavy atom. The van der Waals surface area contributed by atoms with Crippen molar-refractivity contribution < 1.29 is 19.1 Å². The second-order valence-electron chi connectivity index (χ2n) is 8.29. The molecule has 8 heteroatoms. The first-order chi connectivity index (χ1) is 15.3. The first-order valence-electron chi connectivity index (χ1n) is 11.4. The number of aryl methyl sites for hydroxylation is 1. The van der Waals surface area contributed by atoms with Crippen molar-refractivity contribution in [2.24, 2.45) is 5.92 Å². The van der Waals surface area contributed by atoms with Gasteiger partial charge >= 0.3 is 5.97 Å². The zero-order chi connectivity index (χ0) is 23.6. The Kier molecular flexibility index (Phi) is 10.9. The van der Waals surface area contributed by atoms with Crippen LogP contribution in [0.4, 0.5) is 0 Å². The summed E-state index contributed by atoms with van der Waals surface area (Å²) in [5.41, 5.74) is 1.09. The van der Waals surface area contributed by atoms with Gasteiger partial charge in [-0.3, -0.25) is 9.59 Å². The summed E-state index contributed by atoms with van der Waals surface area (Å²) in [6, 6.07) is 8.81. The van der Waals surface area contributed by atoms with Crippen molar-refractivity contribution in [1.29, 1.82) is 0 Å². The Balaban J connectivity index is 2.06. The van der Waals surface area contributed by atoms with Gasteiger partial charge in [0.1, 0.15) is 6.04 Å². The summed E-state index contributed by atoms with van der Waals surface area (Å²) < 4.78 is 4.52. The molecule has 1 aromatic rings. The van der Waals surface area contributed by atoms with E-state index in [1.807, 2.05) is 51.1 Å². The van der Waals surface area contributed by atoms with Crippen molar-refractivity contribution in [3.05, 3.63) is 35.9 Å². The zero-order valence-corrected chi connectivity index (χ0v) is 21.2. The number of rotatable bonds is 12. The molecule has 0 radical (unpaired) electrons. The highest BCUT2D eigenvalue weighted by Crippen LogP contribution is 2.48. The van der Waals surface area contributed by atoms with Crippen LogP contribution >= 0.6 is 23.5 Å². The Labute approximate surface area is 200 Å². The first-order valence-corrected chi connectivity index (χ1v) is 13.4. The van der Waals surface area contributed by atoms with Gasteiger partial charge in [-0.05, 0) is 37.7 Å². The molecule has 2 atom stereocenters. The van der Waals surface area contributed by atoms with Crippen LogP contribution in [0.1, 0.15) is 52.5 Å². The third kappa shape index (κ3) is 7.44.